The van der Waals surface area contributed by atoms with Crippen LogP contribution < -0.4 is 70.4 Å². The average molecular weight is 1870 g/mol. The predicted octanol–water partition coefficient (Wildman–Crippen LogP) is -0.222. The number of rotatable bonds is 22. The van der Waals surface area contributed by atoms with Gasteiger partial charge in [-0.3, -0.25) is 81.5 Å². The molecule has 4 aliphatic rings. The van der Waals surface area contributed by atoms with Crippen LogP contribution in [0, 0.1) is 5.92 Å². The van der Waals surface area contributed by atoms with Gasteiger partial charge in [0.1, 0.15) is 89.8 Å². The monoisotopic (exact) mass is 1870 g/mol. The van der Waals surface area contributed by atoms with Crippen LogP contribution in [0.5, 0.6) is 5.75 Å². The number of fused-ring (bicyclic) bond motifs is 5. The Morgan fingerprint density at radius 3 is 1.66 bits per heavy atom. The summed E-state index contributed by atoms with van der Waals surface area (Å²) in [6.45, 7) is 8.79. The number of nitrogens with zero attached hydrogens (tertiary/aromatic N) is 5. The van der Waals surface area contributed by atoms with E-state index in [9.17, 15) is 53.4 Å². The molecule has 17 amide bonds. The standard InChI is InChI=1S/C94H128N20O19S/c1-10-13-28-73-87(127)109-94(44-55-22-15-16-23-56(55)45-94)93(133)108-72(81(121)100-48-78(97)118)50-134-51-79(119)101-69(39-54-31-33-59(115)34-32-54)88(128)110(7)53(6)80(120)105-71(43-77(96)117)90(130)113-37-21-30-74(113)85(125)102-63(12-3)82(122)106-68(38-52(4)5)91(131)114-49-60(116)42-76(114)86(126)104-67(40-57-46-98-64-26-19-17-24-61(57)64)84(124)103-66(35-36-95)83(123)107-70(41-58-47-99-65-27-20-18-25-62(58)65)89(129)112(9)75(29-14-11-2)92(132)111(73)8/h15-20,22-27,31-34,46-47,52-53,60,63,66-76,98-99,115-116H,10-14,21,28-30,35-45,48-51,95H2,1-9H3,(H2,96,117)(H2,97,118)(H,100,121)(H,101,119)(H,102,125)(H,103,124)(H,104,126)(H,105,120)(H,106,122)(H,107,123)(H,108,133)(H,109,127)/t53-,60+,63-,66-,67?,68-,69-,70-,71-,72-,73-,74-,75-,76-/m0/s1. The molecule has 0 saturated carbocycles. The van der Waals surface area contributed by atoms with Crippen LogP contribution in [0.3, 0.4) is 0 Å². The van der Waals surface area contributed by atoms with Gasteiger partial charge in [0.25, 0.3) is 0 Å². The molecule has 10 rings (SSSR count). The molecule has 6 aromatic rings. The first-order chi connectivity index (χ1) is 63.9. The van der Waals surface area contributed by atoms with E-state index in [1.807, 2.05) is 26.0 Å². The fraction of sp³-hybridized carbons (Fsp3) is 0.521. The lowest BCUT2D eigenvalue weighted by Gasteiger charge is -2.38. The summed E-state index contributed by atoms with van der Waals surface area (Å²) in [7, 11) is 4.06. The number of nitrogens with two attached hydrogens (primary N) is 3. The molecule has 1 spiro atoms. The number of para-hydroxylation sites is 2. The van der Waals surface area contributed by atoms with Gasteiger partial charge in [-0.25, -0.2) is 0 Å². The number of carbonyl (C=O) groups is 17. The lowest BCUT2D eigenvalue weighted by Crippen LogP contribution is -2.66. The number of aliphatic hydroxyl groups excluding tert-OH is 1. The molecule has 0 radical (unpaired) electrons. The van der Waals surface area contributed by atoms with Crippen molar-refractivity contribution in [2.75, 3.05) is 58.8 Å². The van der Waals surface area contributed by atoms with Crippen molar-refractivity contribution in [1.29, 1.82) is 0 Å². The third-order valence-electron chi connectivity index (χ3n) is 25.3. The molecule has 3 fully saturated rings. The molecular weight excluding hydrogens is 1750 g/mol. The minimum atomic E-state index is -1.91. The Balaban J connectivity index is 1.02. The molecule has 134 heavy (non-hydrogen) atoms. The summed E-state index contributed by atoms with van der Waals surface area (Å²) >= 11 is 0.810. The summed E-state index contributed by atoms with van der Waals surface area (Å²) in [5.74, 6) is -16.3. The van der Waals surface area contributed by atoms with Crippen molar-refractivity contribution in [3.05, 3.63) is 137 Å². The lowest BCUT2D eigenvalue weighted by atomic mass is 9.92. The Labute approximate surface area is 781 Å². The zero-order chi connectivity index (χ0) is 97.5. The normalized spacial score (nSPS) is 25.1. The van der Waals surface area contributed by atoms with Crippen molar-refractivity contribution in [1.82, 2.24) is 87.6 Å². The molecule has 40 heteroatoms. The van der Waals surface area contributed by atoms with Crippen molar-refractivity contribution in [2.24, 2.45) is 23.1 Å². The van der Waals surface area contributed by atoms with Crippen LogP contribution in [-0.2, 0) is 114 Å². The molecule has 3 saturated heterocycles. The quantitative estimate of drug-likeness (QED) is 0.0418. The summed E-state index contributed by atoms with van der Waals surface area (Å²) in [4.78, 5) is 264. The van der Waals surface area contributed by atoms with Crippen molar-refractivity contribution in [3.8, 4) is 5.75 Å². The predicted molar refractivity (Wildman–Crippen MR) is 498 cm³/mol. The van der Waals surface area contributed by atoms with Gasteiger partial charge in [-0.05, 0) is 116 Å². The molecule has 1 aliphatic carbocycles. The minimum absolute atomic E-state index is 0.0283. The number of aromatic nitrogens is 2. The molecular formula is C94H128N20O19S. The fourth-order valence-corrected chi connectivity index (χ4v) is 18.6. The molecule has 4 aromatic carbocycles. The van der Waals surface area contributed by atoms with Gasteiger partial charge in [-0.2, -0.15) is 0 Å². The number of phenols is 1. The van der Waals surface area contributed by atoms with Crippen LogP contribution in [0.15, 0.2) is 109 Å². The van der Waals surface area contributed by atoms with Gasteiger partial charge in [-0.15, -0.1) is 11.8 Å². The molecule has 3 aliphatic heterocycles. The largest absolute Gasteiger partial charge is 0.508 e. The Kier molecular flexibility index (Phi) is 36.6. The fourth-order valence-electron chi connectivity index (χ4n) is 17.8. The Bertz CT molecular complexity index is 5250. The number of unbranched alkanes of at least 4 members (excludes halogenated alkanes) is 2. The van der Waals surface area contributed by atoms with E-state index in [-0.39, 0.29) is 108 Å². The van der Waals surface area contributed by atoms with Gasteiger partial charge >= 0.3 is 0 Å². The van der Waals surface area contributed by atoms with Crippen LogP contribution in [0.1, 0.15) is 153 Å². The number of thioether (sulfide) groups is 1. The molecule has 39 nitrogen and oxygen atoms in total. The summed E-state index contributed by atoms with van der Waals surface area (Å²) in [5, 5.41) is 50.5. The number of hydrogen-bond donors (Lipinski definition) is 17. The first-order valence-electron chi connectivity index (χ1n) is 45.8. The third-order valence-corrected chi connectivity index (χ3v) is 26.3. The van der Waals surface area contributed by atoms with E-state index in [1.165, 1.54) is 62.1 Å². The van der Waals surface area contributed by atoms with Crippen molar-refractivity contribution in [2.45, 2.75) is 247 Å². The number of phenolic OH excluding ortho intramolecular Hbond substituents is 1. The number of hydrogen-bond acceptors (Lipinski definition) is 21. The summed E-state index contributed by atoms with van der Waals surface area (Å²) < 4.78 is 0. The van der Waals surface area contributed by atoms with Gasteiger partial charge in [0.2, 0.25) is 100 Å². The van der Waals surface area contributed by atoms with E-state index in [0.29, 0.717) is 75.3 Å². The summed E-state index contributed by atoms with van der Waals surface area (Å²) in [6, 6.07) is 7.88. The van der Waals surface area contributed by atoms with Crippen molar-refractivity contribution < 1.29 is 91.7 Å². The van der Waals surface area contributed by atoms with E-state index >= 15 is 38.4 Å². The van der Waals surface area contributed by atoms with Crippen molar-refractivity contribution in [3.63, 3.8) is 0 Å². The highest BCUT2D eigenvalue weighted by Crippen LogP contribution is 2.33. The van der Waals surface area contributed by atoms with E-state index < -0.39 is 222 Å². The highest BCUT2D eigenvalue weighted by molar-refractivity contribution is 8.00. The summed E-state index contributed by atoms with van der Waals surface area (Å²) in [6.07, 6.45) is 1.67. The Hall–Kier alpha value is -13.0. The molecule has 1 unspecified atom stereocenters. The van der Waals surface area contributed by atoms with Gasteiger partial charge in [0.05, 0.1) is 24.8 Å². The molecule has 0 bridgehead atoms. The van der Waals surface area contributed by atoms with E-state index in [0.717, 1.165) is 26.5 Å². The third kappa shape index (κ3) is 26.3. The number of aromatic amines is 2. The van der Waals surface area contributed by atoms with Crippen LogP contribution >= 0.6 is 11.8 Å². The van der Waals surface area contributed by atoms with Gasteiger partial charge < -0.3 is 115 Å². The SMILES string of the molecule is CCCC[C@H]1C(=O)N(C)[C@@H](CCCC)C(=O)NC2(Cc3ccccc3C2)C(=O)N[C@H](C(=O)NCC(N)=O)CSCC(=O)N[C@@H](Cc2ccc(O)cc2)C(=O)N(C)[C@@H](C)C(=O)N[C@@H](CC(N)=O)C(=O)N2CCC[C@H]2C(=O)N[C@@H](CC)C(=O)N[C@@H](CC(C)C)C(=O)N2C[C@H](O)C[C@H]2C(=O)NC(Cc2c[nH]c3ccccc23)C(=O)N[C@@H](CCN)C(=O)N[C@@H](Cc2c[nH]c3ccccc23)C(=O)N1C. The maximum absolute atomic E-state index is 15.9. The number of carbonyl (C=O) groups excluding carboxylic acids is 17. The number of likely N-dealkylation sites (N-methyl/N-ethyl adjacent to an activating group) is 3. The van der Waals surface area contributed by atoms with Gasteiger partial charge in [0.15, 0.2) is 0 Å². The van der Waals surface area contributed by atoms with Crippen molar-refractivity contribution >= 4 is 134 Å². The van der Waals surface area contributed by atoms with Gasteiger partial charge in [0, 0.05) is 113 Å². The highest BCUT2D eigenvalue weighted by Gasteiger charge is 2.50. The molecule has 2 aromatic heterocycles. The van der Waals surface area contributed by atoms with E-state index in [4.69, 9.17) is 17.2 Å². The zero-order valence-corrected chi connectivity index (χ0v) is 78.1. The smallest absolute Gasteiger partial charge is 0.247 e. The molecule has 14 atom stereocenters. The first kappa shape index (κ1) is 103. The molecule has 5 heterocycles. The Morgan fingerprint density at radius 1 is 0.545 bits per heavy atom. The minimum Gasteiger partial charge on any atom is -0.508 e. The lowest BCUT2D eigenvalue weighted by molar-refractivity contribution is -0.150. The number of amides is 17. The van der Waals surface area contributed by atoms with Crippen LogP contribution in [0.4, 0.5) is 0 Å². The number of aromatic hydroxyl groups is 1. The first-order valence-corrected chi connectivity index (χ1v) is 46.9. The number of H-pyrrole nitrogens is 2. The maximum Gasteiger partial charge on any atom is 0.247 e. The highest BCUT2D eigenvalue weighted by atomic mass is 32.2. The van der Waals surface area contributed by atoms with E-state index in [1.54, 1.807) is 93.8 Å². The van der Waals surface area contributed by atoms with Crippen LogP contribution in [0.25, 0.3) is 21.8 Å². The second-order valence-electron chi connectivity index (χ2n) is 35.6. The topological polar surface area (TPSA) is 577 Å². The zero-order valence-electron chi connectivity index (χ0n) is 77.2. The Morgan fingerprint density at radius 2 is 1.07 bits per heavy atom. The van der Waals surface area contributed by atoms with E-state index in [2.05, 4.69) is 63.1 Å². The maximum atomic E-state index is 15.9. The number of benzene rings is 4. The molecule has 20 N–H and O–H groups in total. The molecule has 724 valence electrons. The van der Waals surface area contributed by atoms with Crippen LogP contribution in [-0.4, -0.2) is 294 Å². The number of primary amides is 2. The number of nitrogens with one attached hydrogen (secondary N) is 12. The second kappa shape index (κ2) is 47.6. The summed E-state index contributed by atoms with van der Waals surface area (Å²) in [5.41, 5.74) is 19.8. The second-order valence-corrected chi connectivity index (χ2v) is 36.6. The van der Waals surface area contributed by atoms with Crippen LogP contribution in [0.2, 0.25) is 0 Å². The number of aliphatic hydroxyl groups is 1. The average Bonchev–Trinajstić information content (AvgIpc) is 1.61. The van der Waals surface area contributed by atoms with Gasteiger partial charge in [-0.1, -0.05) is 133 Å².